The van der Waals surface area contributed by atoms with Gasteiger partial charge in [-0.15, -0.1) is 0 Å². The van der Waals surface area contributed by atoms with E-state index in [-0.39, 0.29) is 18.7 Å². The average Bonchev–Trinajstić information content (AvgIpc) is 2.06. The molecule has 0 bridgehead atoms. The smallest absolute Gasteiger partial charge is 0.362 e. The van der Waals surface area contributed by atoms with Gasteiger partial charge in [0.15, 0.2) is 5.78 Å². The average molecular weight is 172 g/mol. The van der Waals surface area contributed by atoms with Crippen LogP contribution in [0.4, 0.5) is 0 Å². The molecule has 0 unspecified atom stereocenters. The van der Waals surface area contributed by atoms with Crippen molar-refractivity contribution < 1.29 is 14.3 Å². The molecular weight excluding hydrogens is 160 g/mol. The molecule has 5 heteroatoms. The molecule has 2 N–H and O–H groups in total. The minimum absolute atomic E-state index is 0.189. The molecule has 0 rings (SSSR count). The Hall–Kier alpha value is -1.39. The number of nitrogens with zero attached hydrogens (tertiary/aromatic N) is 1. The van der Waals surface area contributed by atoms with Crippen LogP contribution in [-0.4, -0.2) is 24.1 Å². The first-order chi connectivity index (χ1) is 5.67. The van der Waals surface area contributed by atoms with Crippen LogP contribution in [0, 0.1) is 0 Å². The molecule has 0 amide bonds. The van der Waals surface area contributed by atoms with Gasteiger partial charge in [0.2, 0.25) is 5.71 Å². The molecule has 0 aromatic heterocycles. The summed E-state index contributed by atoms with van der Waals surface area (Å²) in [6.07, 6.45) is 0.189. The minimum atomic E-state index is -0.758. The molecule has 0 fully saturated rings. The fraction of sp³-hybridized carbons (Fsp3) is 0.571. The van der Waals surface area contributed by atoms with Crippen molar-refractivity contribution in [3.05, 3.63) is 0 Å². The molecule has 0 radical (unpaired) electrons. The van der Waals surface area contributed by atoms with Gasteiger partial charge in [-0.25, -0.2) is 4.79 Å². The van der Waals surface area contributed by atoms with E-state index in [4.69, 9.17) is 5.84 Å². The summed E-state index contributed by atoms with van der Waals surface area (Å²) in [5.74, 6) is 3.68. The Kier molecular flexibility index (Phi) is 4.67. The highest BCUT2D eigenvalue weighted by molar-refractivity contribution is 6.64. The molecule has 0 aliphatic rings. The summed E-state index contributed by atoms with van der Waals surface area (Å²) in [6, 6.07) is 0. The molecule has 0 aliphatic carbocycles. The van der Waals surface area contributed by atoms with E-state index in [2.05, 4.69) is 9.84 Å². The topological polar surface area (TPSA) is 81.8 Å². The number of ketones is 1. The van der Waals surface area contributed by atoms with Crippen LogP contribution < -0.4 is 5.84 Å². The van der Waals surface area contributed by atoms with Crippen molar-refractivity contribution in [2.24, 2.45) is 10.9 Å². The van der Waals surface area contributed by atoms with Crippen LogP contribution in [0.25, 0.3) is 0 Å². The SMILES string of the molecule is CCOC(=O)C(=NN)C(=O)CC. The highest BCUT2D eigenvalue weighted by Crippen LogP contribution is 1.90. The predicted octanol–water partition coefficient (Wildman–Crippen LogP) is -0.157. The summed E-state index contributed by atoms with van der Waals surface area (Å²) in [5, 5.41) is 3.07. The Bertz CT molecular complexity index is 211. The third kappa shape index (κ3) is 2.69. The van der Waals surface area contributed by atoms with Crippen molar-refractivity contribution in [2.75, 3.05) is 6.61 Å². The van der Waals surface area contributed by atoms with Crippen LogP contribution in [0.5, 0.6) is 0 Å². The quantitative estimate of drug-likeness (QED) is 0.210. The largest absolute Gasteiger partial charge is 0.461 e. The fourth-order valence-corrected chi connectivity index (χ4v) is 0.605. The molecule has 0 aliphatic heterocycles. The van der Waals surface area contributed by atoms with E-state index in [9.17, 15) is 9.59 Å². The summed E-state index contributed by atoms with van der Waals surface area (Å²) < 4.78 is 4.55. The molecule has 0 aromatic carbocycles. The second-order valence-corrected chi connectivity index (χ2v) is 1.97. The standard InChI is InChI=1S/C7H12N2O3/c1-3-5(10)6(9-8)7(11)12-4-2/h3-4,8H2,1-2H3. The number of nitrogens with two attached hydrogens (primary N) is 1. The van der Waals surface area contributed by atoms with E-state index in [0.717, 1.165) is 0 Å². The molecule has 5 nitrogen and oxygen atoms in total. The van der Waals surface area contributed by atoms with Gasteiger partial charge >= 0.3 is 5.97 Å². The van der Waals surface area contributed by atoms with Gasteiger partial charge in [-0.2, -0.15) is 5.10 Å². The number of rotatable bonds is 4. The third-order valence-corrected chi connectivity index (χ3v) is 1.18. The second-order valence-electron chi connectivity index (χ2n) is 1.97. The number of esters is 1. The number of hydrogen-bond donors (Lipinski definition) is 1. The van der Waals surface area contributed by atoms with E-state index in [1.807, 2.05) is 0 Å². The highest BCUT2D eigenvalue weighted by atomic mass is 16.5. The molecular formula is C7H12N2O3. The molecule has 0 saturated heterocycles. The third-order valence-electron chi connectivity index (χ3n) is 1.18. The Morgan fingerprint density at radius 2 is 2.00 bits per heavy atom. The molecule has 12 heavy (non-hydrogen) atoms. The summed E-state index contributed by atoms with van der Waals surface area (Å²) in [4.78, 5) is 21.9. The monoisotopic (exact) mass is 172 g/mol. The van der Waals surface area contributed by atoms with E-state index >= 15 is 0 Å². The van der Waals surface area contributed by atoms with Gasteiger partial charge in [0.1, 0.15) is 0 Å². The number of carbonyl (C=O) groups is 2. The Labute approximate surface area is 70.6 Å². The summed E-state index contributed by atoms with van der Waals surface area (Å²) in [6.45, 7) is 3.46. The van der Waals surface area contributed by atoms with Crippen LogP contribution in [0.2, 0.25) is 0 Å². The van der Waals surface area contributed by atoms with E-state index in [1.165, 1.54) is 0 Å². The van der Waals surface area contributed by atoms with E-state index in [1.54, 1.807) is 13.8 Å². The fourth-order valence-electron chi connectivity index (χ4n) is 0.605. The van der Waals surface area contributed by atoms with Gasteiger partial charge in [-0.3, -0.25) is 4.79 Å². The number of Topliss-reactive ketones (excluding diaryl/α,β-unsaturated/α-hetero) is 1. The molecule has 0 atom stereocenters. The zero-order chi connectivity index (χ0) is 9.56. The first-order valence-corrected chi connectivity index (χ1v) is 3.65. The summed E-state index contributed by atoms with van der Waals surface area (Å²) in [5.41, 5.74) is -0.320. The van der Waals surface area contributed by atoms with Gasteiger partial charge in [0, 0.05) is 6.42 Å². The van der Waals surface area contributed by atoms with Gasteiger partial charge in [-0.05, 0) is 6.92 Å². The van der Waals surface area contributed by atoms with Crippen molar-refractivity contribution in [1.29, 1.82) is 0 Å². The number of hydrazone groups is 1. The highest BCUT2D eigenvalue weighted by Gasteiger charge is 2.19. The van der Waals surface area contributed by atoms with Gasteiger partial charge in [0.05, 0.1) is 6.61 Å². The van der Waals surface area contributed by atoms with Gasteiger partial charge < -0.3 is 10.6 Å². The summed E-state index contributed by atoms with van der Waals surface area (Å²) in [7, 11) is 0. The summed E-state index contributed by atoms with van der Waals surface area (Å²) >= 11 is 0. The lowest BCUT2D eigenvalue weighted by molar-refractivity contribution is -0.135. The molecule has 0 heterocycles. The normalized spacial score (nSPS) is 11.0. The van der Waals surface area contributed by atoms with Crippen LogP contribution >= 0.6 is 0 Å². The Balaban J connectivity index is 4.37. The van der Waals surface area contributed by atoms with Crippen molar-refractivity contribution in [3.8, 4) is 0 Å². The minimum Gasteiger partial charge on any atom is -0.461 e. The maximum atomic E-state index is 10.9. The number of ether oxygens (including phenoxy) is 1. The number of hydrogen-bond acceptors (Lipinski definition) is 5. The molecule has 0 spiro atoms. The lowest BCUT2D eigenvalue weighted by Crippen LogP contribution is -2.27. The zero-order valence-corrected chi connectivity index (χ0v) is 7.16. The predicted molar refractivity (Wildman–Crippen MR) is 43.6 cm³/mol. The number of carbonyl (C=O) groups excluding carboxylic acids is 2. The lowest BCUT2D eigenvalue weighted by atomic mass is 10.2. The van der Waals surface area contributed by atoms with E-state index < -0.39 is 11.8 Å². The van der Waals surface area contributed by atoms with Crippen LogP contribution in [0.15, 0.2) is 5.10 Å². The zero-order valence-electron chi connectivity index (χ0n) is 7.16. The first-order valence-electron chi connectivity index (χ1n) is 3.65. The van der Waals surface area contributed by atoms with Crippen molar-refractivity contribution in [3.63, 3.8) is 0 Å². The van der Waals surface area contributed by atoms with Crippen LogP contribution in [-0.2, 0) is 14.3 Å². The van der Waals surface area contributed by atoms with Crippen LogP contribution in [0.3, 0.4) is 0 Å². The second kappa shape index (κ2) is 5.29. The van der Waals surface area contributed by atoms with Gasteiger partial charge in [0.25, 0.3) is 0 Å². The van der Waals surface area contributed by atoms with Crippen molar-refractivity contribution in [2.45, 2.75) is 20.3 Å². The van der Waals surface area contributed by atoms with Crippen LogP contribution in [0.1, 0.15) is 20.3 Å². The first kappa shape index (κ1) is 10.6. The molecule has 68 valence electrons. The maximum Gasteiger partial charge on any atom is 0.362 e. The Morgan fingerprint density at radius 3 is 2.33 bits per heavy atom. The Morgan fingerprint density at radius 1 is 1.42 bits per heavy atom. The molecule has 0 aromatic rings. The van der Waals surface area contributed by atoms with E-state index in [0.29, 0.717) is 0 Å². The lowest BCUT2D eigenvalue weighted by Gasteiger charge is -2.01. The maximum absolute atomic E-state index is 10.9. The van der Waals surface area contributed by atoms with Crippen molar-refractivity contribution >= 4 is 17.5 Å². The van der Waals surface area contributed by atoms with Gasteiger partial charge in [-0.1, -0.05) is 6.92 Å². The molecule has 0 saturated carbocycles. The van der Waals surface area contributed by atoms with Crippen molar-refractivity contribution in [1.82, 2.24) is 0 Å².